The minimum absolute atomic E-state index is 0.0921. The van der Waals surface area contributed by atoms with Crippen LogP contribution in [0.2, 0.25) is 0 Å². The molecule has 5 nitrogen and oxygen atoms in total. The summed E-state index contributed by atoms with van der Waals surface area (Å²) in [5.41, 5.74) is 5.92. The molecular formula is C13H27N3O2. The smallest absolute Gasteiger partial charge is 0.239 e. The molecule has 1 saturated heterocycles. The van der Waals surface area contributed by atoms with Crippen molar-refractivity contribution in [3.05, 3.63) is 0 Å². The molecule has 1 aliphatic heterocycles. The van der Waals surface area contributed by atoms with Crippen molar-refractivity contribution in [3.63, 3.8) is 0 Å². The first-order valence-corrected chi connectivity index (χ1v) is 6.83. The molecule has 1 fully saturated rings. The van der Waals surface area contributed by atoms with E-state index in [-0.39, 0.29) is 11.9 Å². The van der Waals surface area contributed by atoms with Crippen LogP contribution in [0.5, 0.6) is 0 Å². The van der Waals surface area contributed by atoms with E-state index in [0.717, 1.165) is 32.6 Å². The van der Waals surface area contributed by atoms with E-state index < -0.39 is 0 Å². The minimum Gasteiger partial charge on any atom is -0.385 e. The van der Waals surface area contributed by atoms with Crippen molar-refractivity contribution in [2.45, 2.75) is 38.8 Å². The first kappa shape index (κ1) is 15.4. The third-order valence-corrected chi connectivity index (χ3v) is 3.54. The lowest BCUT2D eigenvalue weighted by atomic mass is 10.1. The number of piperazine rings is 1. The summed E-state index contributed by atoms with van der Waals surface area (Å²) in [5, 5.41) is 0. The number of amides is 1. The van der Waals surface area contributed by atoms with E-state index in [9.17, 15) is 4.79 Å². The maximum Gasteiger partial charge on any atom is 0.239 e. The van der Waals surface area contributed by atoms with Crippen molar-refractivity contribution in [1.29, 1.82) is 0 Å². The lowest BCUT2D eigenvalue weighted by molar-refractivity contribution is -0.134. The predicted molar refractivity (Wildman–Crippen MR) is 72.4 cm³/mol. The zero-order valence-corrected chi connectivity index (χ0v) is 11.9. The van der Waals surface area contributed by atoms with Gasteiger partial charge < -0.3 is 15.4 Å². The summed E-state index contributed by atoms with van der Waals surface area (Å²) in [6.07, 6.45) is 1.55. The number of hydrogen-bond donors (Lipinski definition) is 1. The Labute approximate surface area is 110 Å². The maximum absolute atomic E-state index is 12.1. The van der Waals surface area contributed by atoms with Gasteiger partial charge >= 0.3 is 0 Å². The van der Waals surface area contributed by atoms with Crippen LogP contribution in [-0.4, -0.2) is 67.7 Å². The fraction of sp³-hybridized carbons (Fsp3) is 0.923. The van der Waals surface area contributed by atoms with Crippen LogP contribution in [0, 0.1) is 0 Å². The summed E-state index contributed by atoms with van der Waals surface area (Å²) >= 11 is 0. The summed E-state index contributed by atoms with van der Waals surface area (Å²) in [6, 6.07) is 0.184. The molecule has 1 aliphatic rings. The van der Waals surface area contributed by atoms with Gasteiger partial charge in [-0.15, -0.1) is 0 Å². The van der Waals surface area contributed by atoms with E-state index in [4.69, 9.17) is 10.5 Å². The van der Waals surface area contributed by atoms with Gasteiger partial charge in [-0.1, -0.05) is 0 Å². The normalized spacial score (nSPS) is 19.3. The van der Waals surface area contributed by atoms with Crippen molar-refractivity contribution in [3.8, 4) is 0 Å². The summed E-state index contributed by atoms with van der Waals surface area (Å²) in [5.74, 6) is 0.0921. The average Bonchev–Trinajstić information content (AvgIpc) is 2.38. The molecule has 0 aliphatic carbocycles. The second kappa shape index (κ2) is 7.71. The fourth-order valence-corrected chi connectivity index (χ4v) is 2.26. The van der Waals surface area contributed by atoms with Crippen LogP contribution in [-0.2, 0) is 9.53 Å². The third-order valence-electron chi connectivity index (χ3n) is 3.54. The Bertz CT molecular complexity index is 251. The van der Waals surface area contributed by atoms with Crippen LogP contribution in [0.1, 0.15) is 26.7 Å². The summed E-state index contributed by atoms with van der Waals surface area (Å²) in [6.45, 7) is 8.55. The van der Waals surface area contributed by atoms with Crippen LogP contribution in [0.4, 0.5) is 0 Å². The van der Waals surface area contributed by atoms with E-state index in [1.807, 2.05) is 4.90 Å². The third kappa shape index (κ3) is 4.55. The summed E-state index contributed by atoms with van der Waals surface area (Å²) < 4.78 is 4.97. The lowest BCUT2D eigenvalue weighted by Gasteiger charge is -2.37. The first-order chi connectivity index (χ1) is 8.56. The molecule has 0 aromatic heterocycles. The maximum atomic E-state index is 12.1. The number of nitrogens with zero attached hydrogens (tertiary/aromatic N) is 2. The van der Waals surface area contributed by atoms with Crippen molar-refractivity contribution in [2.24, 2.45) is 5.73 Å². The van der Waals surface area contributed by atoms with Crippen LogP contribution >= 0.6 is 0 Å². The van der Waals surface area contributed by atoms with Crippen LogP contribution in [0.25, 0.3) is 0 Å². The Morgan fingerprint density at radius 3 is 2.39 bits per heavy atom. The number of rotatable bonds is 6. The van der Waals surface area contributed by atoms with Gasteiger partial charge in [-0.2, -0.15) is 0 Å². The Hall–Kier alpha value is -0.650. The molecule has 1 atom stereocenters. The van der Waals surface area contributed by atoms with E-state index in [0.29, 0.717) is 19.1 Å². The minimum atomic E-state index is -0.370. The fourth-order valence-electron chi connectivity index (χ4n) is 2.26. The number of methoxy groups -OCH3 is 1. The van der Waals surface area contributed by atoms with Crippen molar-refractivity contribution in [1.82, 2.24) is 9.80 Å². The van der Waals surface area contributed by atoms with Gasteiger partial charge in [0.1, 0.15) is 0 Å². The molecule has 2 N–H and O–H groups in total. The van der Waals surface area contributed by atoms with Crippen molar-refractivity contribution >= 4 is 5.91 Å². The second-order valence-electron chi connectivity index (χ2n) is 5.20. The van der Waals surface area contributed by atoms with Crippen molar-refractivity contribution < 1.29 is 9.53 Å². The molecule has 5 heteroatoms. The molecule has 1 heterocycles. The van der Waals surface area contributed by atoms with Crippen LogP contribution in [0.3, 0.4) is 0 Å². The molecule has 0 spiro atoms. The van der Waals surface area contributed by atoms with E-state index in [1.165, 1.54) is 0 Å². The van der Waals surface area contributed by atoms with Gasteiger partial charge in [0.05, 0.1) is 6.04 Å². The molecule has 1 unspecified atom stereocenters. The van der Waals surface area contributed by atoms with Gasteiger partial charge in [-0.3, -0.25) is 9.69 Å². The molecule has 0 radical (unpaired) electrons. The number of nitrogens with two attached hydrogens (primary N) is 1. The van der Waals surface area contributed by atoms with E-state index in [1.54, 1.807) is 7.11 Å². The largest absolute Gasteiger partial charge is 0.385 e. The first-order valence-electron chi connectivity index (χ1n) is 6.83. The van der Waals surface area contributed by atoms with Gasteiger partial charge in [0, 0.05) is 45.9 Å². The predicted octanol–water partition coefficient (Wildman–Crippen LogP) is 0.293. The Balaban J connectivity index is 2.30. The molecule has 0 aromatic carbocycles. The van der Waals surface area contributed by atoms with E-state index >= 15 is 0 Å². The molecular weight excluding hydrogens is 230 g/mol. The monoisotopic (exact) mass is 257 g/mol. The highest BCUT2D eigenvalue weighted by molar-refractivity contribution is 5.81. The number of ether oxygens (including phenoxy) is 1. The second-order valence-corrected chi connectivity index (χ2v) is 5.20. The quantitative estimate of drug-likeness (QED) is 0.695. The molecule has 1 amide bonds. The van der Waals surface area contributed by atoms with Gasteiger partial charge in [-0.25, -0.2) is 0 Å². The van der Waals surface area contributed by atoms with Gasteiger partial charge in [0.25, 0.3) is 0 Å². The molecule has 0 bridgehead atoms. The van der Waals surface area contributed by atoms with Gasteiger partial charge in [0.2, 0.25) is 5.91 Å². The van der Waals surface area contributed by atoms with Crippen LogP contribution < -0.4 is 5.73 Å². The molecule has 0 saturated carbocycles. The Morgan fingerprint density at radius 1 is 1.28 bits per heavy atom. The van der Waals surface area contributed by atoms with Crippen molar-refractivity contribution in [2.75, 3.05) is 39.9 Å². The average molecular weight is 257 g/mol. The molecule has 18 heavy (non-hydrogen) atoms. The molecule has 0 aromatic rings. The van der Waals surface area contributed by atoms with E-state index in [2.05, 4.69) is 18.7 Å². The zero-order chi connectivity index (χ0) is 13.5. The molecule has 1 rings (SSSR count). The highest BCUT2D eigenvalue weighted by atomic mass is 16.5. The summed E-state index contributed by atoms with van der Waals surface area (Å²) in [7, 11) is 1.67. The highest BCUT2D eigenvalue weighted by Gasteiger charge is 2.25. The highest BCUT2D eigenvalue weighted by Crippen LogP contribution is 2.08. The summed E-state index contributed by atoms with van der Waals surface area (Å²) in [4.78, 5) is 16.4. The van der Waals surface area contributed by atoms with Crippen LogP contribution in [0.15, 0.2) is 0 Å². The molecule has 106 valence electrons. The number of carbonyl (C=O) groups is 1. The lowest BCUT2D eigenvalue weighted by Crippen LogP contribution is -2.54. The topological polar surface area (TPSA) is 58.8 Å². The van der Waals surface area contributed by atoms with Gasteiger partial charge in [-0.05, 0) is 26.7 Å². The number of carbonyl (C=O) groups excluding carboxylic acids is 1. The Morgan fingerprint density at radius 2 is 1.89 bits per heavy atom. The van der Waals surface area contributed by atoms with Gasteiger partial charge in [0.15, 0.2) is 0 Å². The Kier molecular flexibility index (Phi) is 6.60. The SMILES string of the molecule is COCCCC(N)C(=O)N1CCN(C(C)C)CC1. The number of hydrogen-bond acceptors (Lipinski definition) is 4. The zero-order valence-electron chi connectivity index (χ0n) is 11.9. The standard InChI is InChI=1S/C13H27N3O2/c1-11(2)15-6-8-16(9-7-15)13(17)12(14)5-4-10-18-3/h11-12H,4-10,14H2,1-3H3.